The Morgan fingerprint density at radius 2 is 1.76 bits per heavy atom. The quantitative estimate of drug-likeness (QED) is 0.626. The predicted molar refractivity (Wildman–Crippen MR) is 84.2 cm³/mol. The average Bonchev–Trinajstić information content (AvgIpc) is 2.51. The van der Waals surface area contributed by atoms with Crippen LogP contribution in [0.5, 0.6) is 6.01 Å². The van der Waals surface area contributed by atoms with Crippen molar-refractivity contribution < 1.29 is 9.47 Å². The Labute approximate surface area is 127 Å². The number of unbranched alkanes of at least 4 members (excludes halogenated alkanes) is 1. The molecule has 1 heterocycles. The molecule has 0 fully saturated rings. The maximum atomic E-state index is 5.55. The number of hydrogen-bond acceptors (Lipinski definition) is 7. The van der Waals surface area contributed by atoms with Gasteiger partial charge in [0.05, 0.1) is 6.61 Å². The summed E-state index contributed by atoms with van der Waals surface area (Å²) in [7, 11) is 1.78. The second kappa shape index (κ2) is 10.1. The predicted octanol–water partition coefficient (Wildman–Crippen LogP) is 1.95. The first-order valence-corrected chi connectivity index (χ1v) is 7.64. The fourth-order valence-electron chi connectivity index (χ4n) is 1.71. The number of anilines is 2. The van der Waals surface area contributed by atoms with Crippen LogP contribution in [-0.4, -0.2) is 54.9 Å². The standard InChI is InChI=1S/C14H27N5O2/c1-5-8-9-20-10-11-21-14-17-12(15-4)16-13(18-14)19(6-2)7-3/h5-11H2,1-4H3,(H,15,16,17,18). The van der Waals surface area contributed by atoms with Crippen molar-refractivity contribution in [1.82, 2.24) is 15.0 Å². The lowest BCUT2D eigenvalue weighted by molar-refractivity contribution is 0.0948. The summed E-state index contributed by atoms with van der Waals surface area (Å²) in [6, 6.07) is 0.329. The molecule has 1 N–H and O–H groups in total. The second-order valence-electron chi connectivity index (χ2n) is 4.48. The molecule has 120 valence electrons. The van der Waals surface area contributed by atoms with Crippen molar-refractivity contribution in [2.45, 2.75) is 33.6 Å². The summed E-state index contributed by atoms with van der Waals surface area (Å²) in [6.07, 6.45) is 2.20. The van der Waals surface area contributed by atoms with Gasteiger partial charge in [-0.1, -0.05) is 13.3 Å². The van der Waals surface area contributed by atoms with Gasteiger partial charge in [0, 0.05) is 26.7 Å². The zero-order valence-electron chi connectivity index (χ0n) is 13.6. The highest BCUT2D eigenvalue weighted by atomic mass is 16.5. The average molecular weight is 297 g/mol. The smallest absolute Gasteiger partial charge is 0.323 e. The Kier molecular flexibility index (Phi) is 8.42. The van der Waals surface area contributed by atoms with Gasteiger partial charge in [-0.3, -0.25) is 0 Å². The van der Waals surface area contributed by atoms with Crippen molar-refractivity contribution in [2.24, 2.45) is 0 Å². The van der Waals surface area contributed by atoms with Gasteiger partial charge in [0.15, 0.2) is 0 Å². The fourth-order valence-corrected chi connectivity index (χ4v) is 1.71. The molecule has 0 aliphatic rings. The van der Waals surface area contributed by atoms with Crippen LogP contribution in [0.4, 0.5) is 11.9 Å². The normalized spacial score (nSPS) is 10.5. The minimum atomic E-state index is 0.329. The summed E-state index contributed by atoms with van der Waals surface area (Å²) >= 11 is 0. The van der Waals surface area contributed by atoms with Crippen LogP contribution in [0.25, 0.3) is 0 Å². The lowest BCUT2D eigenvalue weighted by Gasteiger charge is -2.19. The van der Waals surface area contributed by atoms with E-state index in [9.17, 15) is 0 Å². The van der Waals surface area contributed by atoms with Crippen LogP contribution in [0.3, 0.4) is 0 Å². The molecule has 1 aromatic rings. The topological polar surface area (TPSA) is 72.4 Å². The number of nitrogens with zero attached hydrogens (tertiary/aromatic N) is 4. The summed E-state index contributed by atoms with van der Waals surface area (Å²) in [5.41, 5.74) is 0. The summed E-state index contributed by atoms with van der Waals surface area (Å²) in [6.45, 7) is 9.69. The van der Waals surface area contributed by atoms with E-state index in [1.807, 2.05) is 4.90 Å². The van der Waals surface area contributed by atoms with E-state index in [4.69, 9.17) is 9.47 Å². The Bertz CT molecular complexity index is 399. The second-order valence-corrected chi connectivity index (χ2v) is 4.48. The van der Waals surface area contributed by atoms with Gasteiger partial charge in [0.25, 0.3) is 0 Å². The van der Waals surface area contributed by atoms with E-state index in [0.717, 1.165) is 32.5 Å². The van der Waals surface area contributed by atoms with Gasteiger partial charge in [0.2, 0.25) is 11.9 Å². The molecule has 0 saturated heterocycles. The van der Waals surface area contributed by atoms with Crippen LogP contribution in [0.1, 0.15) is 33.6 Å². The Balaban J connectivity index is 2.58. The van der Waals surface area contributed by atoms with Crippen LogP contribution < -0.4 is 15.0 Å². The maximum Gasteiger partial charge on any atom is 0.323 e. The minimum Gasteiger partial charge on any atom is -0.461 e. The first kappa shape index (κ1) is 17.4. The van der Waals surface area contributed by atoms with Gasteiger partial charge >= 0.3 is 6.01 Å². The molecule has 7 nitrogen and oxygen atoms in total. The summed E-state index contributed by atoms with van der Waals surface area (Å²) in [5.74, 6) is 1.13. The molecule has 0 unspecified atom stereocenters. The molecular weight excluding hydrogens is 270 g/mol. The molecule has 0 aromatic carbocycles. The first-order valence-electron chi connectivity index (χ1n) is 7.64. The van der Waals surface area contributed by atoms with Gasteiger partial charge in [-0.15, -0.1) is 0 Å². The summed E-state index contributed by atoms with van der Waals surface area (Å²) in [5, 5.41) is 2.93. The monoisotopic (exact) mass is 297 g/mol. The molecule has 0 radical (unpaired) electrons. The molecule has 0 saturated carbocycles. The zero-order valence-corrected chi connectivity index (χ0v) is 13.6. The van der Waals surface area contributed by atoms with E-state index in [-0.39, 0.29) is 0 Å². The molecule has 1 rings (SSSR count). The van der Waals surface area contributed by atoms with Crippen LogP contribution in [0.2, 0.25) is 0 Å². The molecule has 0 amide bonds. The summed E-state index contributed by atoms with van der Waals surface area (Å²) < 4.78 is 11.0. The van der Waals surface area contributed by atoms with Gasteiger partial charge in [-0.05, 0) is 20.3 Å². The molecule has 1 aromatic heterocycles. The molecule has 7 heteroatoms. The third-order valence-electron chi connectivity index (χ3n) is 2.97. The van der Waals surface area contributed by atoms with Crippen LogP contribution in [0, 0.1) is 0 Å². The molecule has 0 atom stereocenters. The third-order valence-corrected chi connectivity index (χ3v) is 2.97. The maximum absolute atomic E-state index is 5.55. The van der Waals surface area contributed by atoms with E-state index >= 15 is 0 Å². The van der Waals surface area contributed by atoms with E-state index < -0.39 is 0 Å². The molecular formula is C14H27N5O2. The molecule has 0 bridgehead atoms. The Morgan fingerprint density at radius 1 is 1.00 bits per heavy atom. The van der Waals surface area contributed by atoms with Crippen molar-refractivity contribution in [3.8, 4) is 6.01 Å². The summed E-state index contributed by atoms with van der Waals surface area (Å²) in [4.78, 5) is 14.9. The van der Waals surface area contributed by atoms with Gasteiger partial charge < -0.3 is 19.7 Å². The fraction of sp³-hybridized carbons (Fsp3) is 0.786. The van der Waals surface area contributed by atoms with Crippen LogP contribution >= 0.6 is 0 Å². The number of nitrogens with one attached hydrogen (secondary N) is 1. The number of hydrogen-bond donors (Lipinski definition) is 1. The van der Waals surface area contributed by atoms with Crippen molar-refractivity contribution >= 4 is 11.9 Å². The molecule has 0 spiro atoms. The minimum absolute atomic E-state index is 0.329. The highest BCUT2D eigenvalue weighted by Gasteiger charge is 2.11. The van der Waals surface area contributed by atoms with E-state index in [1.165, 1.54) is 0 Å². The van der Waals surface area contributed by atoms with E-state index in [2.05, 4.69) is 41.0 Å². The largest absolute Gasteiger partial charge is 0.461 e. The van der Waals surface area contributed by atoms with Crippen LogP contribution in [0.15, 0.2) is 0 Å². The van der Waals surface area contributed by atoms with Crippen LogP contribution in [-0.2, 0) is 4.74 Å². The molecule has 0 aliphatic carbocycles. The number of ether oxygens (including phenoxy) is 2. The SMILES string of the molecule is CCCCOCCOc1nc(NC)nc(N(CC)CC)n1. The zero-order chi connectivity index (χ0) is 15.5. The third kappa shape index (κ3) is 6.12. The number of rotatable bonds is 11. The van der Waals surface area contributed by atoms with Gasteiger partial charge in [-0.2, -0.15) is 15.0 Å². The lowest BCUT2D eigenvalue weighted by atomic mass is 10.4. The van der Waals surface area contributed by atoms with E-state index in [1.54, 1.807) is 7.05 Å². The number of aromatic nitrogens is 3. The highest BCUT2D eigenvalue weighted by molar-refractivity contribution is 5.37. The molecule has 0 aliphatic heterocycles. The van der Waals surface area contributed by atoms with Crippen molar-refractivity contribution in [3.05, 3.63) is 0 Å². The Hall–Kier alpha value is -1.63. The van der Waals surface area contributed by atoms with Gasteiger partial charge in [-0.25, -0.2) is 0 Å². The van der Waals surface area contributed by atoms with Crippen molar-refractivity contribution in [2.75, 3.05) is 50.2 Å². The van der Waals surface area contributed by atoms with Crippen molar-refractivity contribution in [1.29, 1.82) is 0 Å². The highest BCUT2D eigenvalue weighted by Crippen LogP contribution is 2.14. The Morgan fingerprint density at radius 3 is 2.38 bits per heavy atom. The molecule has 21 heavy (non-hydrogen) atoms. The van der Waals surface area contributed by atoms with Crippen molar-refractivity contribution in [3.63, 3.8) is 0 Å². The first-order chi connectivity index (χ1) is 10.2. The lowest BCUT2D eigenvalue weighted by Crippen LogP contribution is -2.25. The van der Waals surface area contributed by atoms with Gasteiger partial charge in [0.1, 0.15) is 6.61 Å². The van der Waals surface area contributed by atoms with E-state index in [0.29, 0.717) is 31.1 Å².